The molecule has 1 aromatic rings. The van der Waals surface area contributed by atoms with Crippen molar-refractivity contribution >= 4 is 18.7 Å². The van der Waals surface area contributed by atoms with E-state index in [1.807, 2.05) is 27.7 Å². The highest BCUT2D eigenvalue weighted by Gasteiger charge is 2.52. The highest BCUT2D eigenvalue weighted by atomic mass is 16.7. The number of hydrogen-bond donors (Lipinski definition) is 0. The lowest BCUT2D eigenvalue weighted by atomic mass is 9.84. The van der Waals surface area contributed by atoms with E-state index in [-0.39, 0.29) is 6.67 Å². The smallest absolute Gasteiger partial charge is 0.465 e. The molecule has 0 unspecified atom stereocenters. The molecule has 1 aliphatic rings. The summed E-state index contributed by atoms with van der Waals surface area (Å²) in [5.41, 5.74) is 0.0722. The summed E-state index contributed by atoms with van der Waals surface area (Å²) < 4.78 is 18.3. The van der Waals surface area contributed by atoms with Gasteiger partial charge in [0.2, 0.25) is 0 Å². The zero-order valence-corrected chi connectivity index (χ0v) is 13.0. The Balaban J connectivity index is 2.38. The average molecular weight is 290 g/mol. The number of carbonyl (C=O) groups excluding carboxylic acids is 1. The molecule has 2 rings (SSSR count). The fraction of sp³-hybridized carbons (Fsp3) is 0.571. The van der Waals surface area contributed by atoms with Crippen LogP contribution in [0, 0.1) is 6.57 Å². The molecule has 0 atom stereocenters. The van der Waals surface area contributed by atoms with E-state index in [2.05, 4.69) is 4.85 Å². The van der Waals surface area contributed by atoms with Gasteiger partial charge in [-0.25, -0.2) is 11.4 Å². The van der Waals surface area contributed by atoms with Crippen LogP contribution in [0.5, 0.6) is 0 Å². The lowest BCUT2D eigenvalue weighted by molar-refractivity contribution is 0.00578. The molecule has 6 nitrogen and oxygen atoms in total. The quantitative estimate of drug-likeness (QED) is 0.480. The molecule has 21 heavy (non-hydrogen) atoms. The van der Waals surface area contributed by atoms with Gasteiger partial charge in [-0.2, -0.15) is 0 Å². The van der Waals surface area contributed by atoms with E-state index in [1.165, 1.54) is 7.11 Å². The van der Waals surface area contributed by atoms with Crippen molar-refractivity contribution in [1.29, 1.82) is 0 Å². The van der Waals surface area contributed by atoms with E-state index in [0.29, 0.717) is 11.2 Å². The van der Waals surface area contributed by atoms with Crippen LogP contribution in [-0.4, -0.2) is 36.0 Å². The van der Waals surface area contributed by atoms with Crippen LogP contribution in [0.15, 0.2) is 12.3 Å². The molecular weight excluding hydrogens is 271 g/mol. The van der Waals surface area contributed by atoms with Crippen LogP contribution in [0.3, 0.4) is 0 Å². The van der Waals surface area contributed by atoms with E-state index in [9.17, 15) is 4.79 Å². The molecule has 1 aromatic heterocycles. The fourth-order valence-electron chi connectivity index (χ4n) is 2.12. The molecule has 1 saturated heterocycles. The van der Waals surface area contributed by atoms with Crippen molar-refractivity contribution in [2.45, 2.75) is 45.6 Å². The second-order valence-corrected chi connectivity index (χ2v) is 6.00. The van der Waals surface area contributed by atoms with Crippen molar-refractivity contribution in [3.63, 3.8) is 0 Å². The van der Waals surface area contributed by atoms with Gasteiger partial charge in [0.25, 0.3) is 6.67 Å². The van der Waals surface area contributed by atoms with Crippen molar-refractivity contribution in [3.8, 4) is 0 Å². The molecule has 2 heterocycles. The predicted octanol–water partition coefficient (Wildman–Crippen LogP) is 1.45. The van der Waals surface area contributed by atoms with Gasteiger partial charge in [0.1, 0.15) is 0 Å². The van der Waals surface area contributed by atoms with Crippen LogP contribution in [0.1, 0.15) is 38.1 Å². The predicted molar refractivity (Wildman–Crippen MR) is 78.1 cm³/mol. The lowest BCUT2D eigenvalue weighted by Crippen LogP contribution is -2.41. The number of rotatable bonds is 3. The van der Waals surface area contributed by atoms with Gasteiger partial charge in [-0.05, 0) is 33.8 Å². The van der Waals surface area contributed by atoms with Crippen molar-refractivity contribution in [3.05, 3.63) is 29.2 Å². The summed E-state index contributed by atoms with van der Waals surface area (Å²) in [6, 6.07) is 1.65. The molecule has 1 aliphatic heterocycles. The van der Waals surface area contributed by atoms with Crippen LogP contribution in [0.4, 0.5) is 0 Å². The van der Waals surface area contributed by atoms with Gasteiger partial charge >= 0.3 is 13.1 Å². The van der Waals surface area contributed by atoms with E-state index in [0.717, 1.165) is 0 Å². The molecule has 0 aliphatic carbocycles. The Morgan fingerprint density at radius 2 is 1.95 bits per heavy atom. The normalized spacial score (nSPS) is 19.3. The summed E-state index contributed by atoms with van der Waals surface area (Å²) in [5, 5.41) is 0. The van der Waals surface area contributed by atoms with Crippen LogP contribution in [0.2, 0.25) is 0 Å². The number of ether oxygens (including phenoxy) is 1. The van der Waals surface area contributed by atoms with E-state index in [4.69, 9.17) is 20.6 Å². The first kappa shape index (κ1) is 15.6. The van der Waals surface area contributed by atoms with Gasteiger partial charge < -0.3 is 14.0 Å². The fourth-order valence-corrected chi connectivity index (χ4v) is 2.12. The minimum atomic E-state index is -0.616. The molecule has 0 radical (unpaired) electrons. The van der Waals surface area contributed by atoms with Crippen molar-refractivity contribution in [1.82, 2.24) is 4.57 Å². The van der Waals surface area contributed by atoms with Gasteiger partial charge in [-0.1, -0.05) is 0 Å². The summed E-state index contributed by atoms with van der Waals surface area (Å²) in [4.78, 5) is 15.0. The maximum Gasteiger partial charge on any atom is 0.512 e. The summed E-state index contributed by atoms with van der Waals surface area (Å²) >= 11 is 0. The summed E-state index contributed by atoms with van der Waals surface area (Å²) in [7, 11) is 0.707. The zero-order valence-electron chi connectivity index (χ0n) is 13.0. The SMILES string of the molecule is [C-]#[N+]Cn1cc(C(=O)OC)cc1B1OC(C)(C)C(C)(C)O1. The Kier molecular flexibility index (Phi) is 3.87. The summed E-state index contributed by atoms with van der Waals surface area (Å²) in [6.07, 6.45) is 1.59. The monoisotopic (exact) mass is 290 g/mol. The third kappa shape index (κ3) is 2.69. The van der Waals surface area contributed by atoms with E-state index in [1.54, 1.807) is 16.8 Å². The number of esters is 1. The standard InChI is InChI=1S/C14H19BN2O4/c1-13(2)14(3,4)21-15(20-13)11-7-10(12(18)19-6)8-17(11)9-16-5/h7-8H,9H2,1-4,6H3. The Morgan fingerprint density at radius 3 is 2.43 bits per heavy atom. The summed E-state index contributed by atoms with van der Waals surface area (Å²) in [6.45, 7) is 14.9. The van der Waals surface area contributed by atoms with E-state index >= 15 is 0 Å². The first-order valence-electron chi connectivity index (χ1n) is 6.69. The van der Waals surface area contributed by atoms with Crippen LogP contribution in [0.25, 0.3) is 4.85 Å². The van der Waals surface area contributed by atoms with Crippen LogP contribution in [-0.2, 0) is 20.7 Å². The molecule has 0 N–H and O–H groups in total. The molecular formula is C14H19BN2O4. The average Bonchev–Trinajstić information content (AvgIpc) is 2.89. The van der Waals surface area contributed by atoms with Gasteiger partial charge in [0.15, 0.2) is 0 Å². The number of carbonyl (C=O) groups is 1. The minimum absolute atomic E-state index is 0.0937. The van der Waals surface area contributed by atoms with Gasteiger partial charge in [-0.15, -0.1) is 0 Å². The summed E-state index contributed by atoms with van der Waals surface area (Å²) in [5.74, 6) is -0.448. The Bertz CT molecular complexity index is 585. The first-order chi connectivity index (χ1) is 9.71. The lowest BCUT2D eigenvalue weighted by Gasteiger charge is -2.32. The molecule has 0 aromatic carbocycles. The third-order valence-electron chi connectivity index (χ3n) is 4.07. The minimum Gasteiger partial charge on any atom is -0.465 e. The number of methoxy groups -OCH3 is 1. The molecule has 7 heteroatoms. The van der Waals surface area contributed by atoms with Crippen molar-refractivity contribution in [2.24, 2.45) is 0 Å². The number of nitrogens with zero attached hydrogens (tertiary/aromatic N) is 2. The number of aromatic nitrogens is 1. The first-order valence-corrected chi connectivity index (χ1v) is 6.69. The molecule has 1 fully saturated rings. The molecule has 0 spiro atoms. The Hall–Kier alpha value is -1.78. The maximum absolute atomic E-state index is 11.7. The topological polar surface area (TPSA) is 54.1 Å². The van der Waals surface area contributed by atoms with Gasteiger partial charge in [0.05, 0.1) is 29.5 Å². The third-order valence-corrected chi connectivity index (χ3v) is 4.07. The number of hydrogen-bond acceptors (Lipinski definition) is 4. The zero-order chi connectivity index (χ0) is 15.8. The molecule has 0 amide bonds. The molecule has 0 saturated carbocycles. The van der Waals surface area contributed by atoms with Crippen LogP contribution >= 0.6 is 0 Å². The van der Waals surface area contributed by atoms with Crippen LogP contribution < -0.4 is 5.59 Å². The molecule has 0 bridgehead atoms. The second kappa shape index (κ2) is 5.21. The Morgan fingerprint density at radius 1 is 1.38 bits per heavy atom. The highest BCUT2D eigenvalue weighted by molar-refractivity contribution is 6.61. The Labute approximate surface area is 124 Å². The highest BCUT2D eigenvalue weighted by Crippen LogP contribution is 2.36. The van der Waals surface area contributed by atoms with E-state index < -0.39 is 24.3 Å². The maximum atomic E-state index is 11.7. The van der Waals surface area contributed by atoms with Gasteiger partial charge in [-0.3, -0.25) is 9.41 Å². The second-order valence-electron chi connectivity index (χ2n) is 6.00. The van der Waals surface area contributed by atoms with Gasteiger partial charge in [0, 0.05) is 6.20 Å². The van der Waals surface area contributed by atoms with Crippen molar-refractivity contribution in [2.75, 3.05) is 7.11 Å². The molecule has 112 valence electrons. The largest absolute Gasteiger partial charge is 0.512 e. The van der Waals surface area contributed by atoms with Crippen molar-refractivity contribution < 1.29 is 18.8 Å².